The van der Waals surface area contributed by atoms with Gasteiger partial charge in [-0.2, -0.15) is 0 Å². The number of nitrogens with zero attached hydrogens (tertiary/aromatic N) is 1. The predicted octanol–water partition coefficient (Wildman–Crippen LogP) is 2.77. The van der Waals surface area contributed by atoms with Crippen molar-refractivity contribution in [1.82, 2.24) is 4.90 Å². The normalized spacial score (nSPS) is 23.3. The molecule has 128 valence electrons. The van der Waals surface area contributed by atoms with Gasteiger partial charge in [0.05, 0.1) is 18.3 Å². The maximum Gasteiger partial charge on any atom is 0.312 e. The lowest BCUT2D eigenvalue weighted by Gasteiger charge is -2.19. The average Bonchev–Trinajstić information content (AvgIpc) is 2.76. The Morgan fingerprint density at radius 1 is 1.04 bits per heavy atom. The van der Waals surface area contributed by atoms with Crippen molar-refractivity contribution in [3.8, 4) is 5.75 Å². The molecule has 0 radical (unpaired) electrons. The second-order valence-electron chi connectivity index (χ2n) is 6.87. The lowest BCUT2D eigenvalue weighted by molar-refractivity contribution is -0.141. The molecule has 2 atom stereocenters. The van der Waals surface area contributed by atoms with Gasteiger partial charge in [-0.3, -0.25) is 19.3 Å². The van der Waals surface area contributed by atoms with Gasteiger partial charge in [0.2, 0.25) is 11.8 Å². The van der Waals surface area contributed by atoms with Gasteiger partial charge in [-0.1, -0.05) is 18.9 Å². The maximum atomic E-state index is 12.4. The Morgan fingerprint density at radius 3 is 2.12 bits per heavy atom. The second-order valence-corrected chi connectivity index (χ2v) is 6.87. The van der Waals surface area contributed by atoms with Gasteiger partial charge in [0.15, 0.2) is 0 Å². The average molecular weight is 329 g/mol. The number of fused-ring (bicyclic) bond motifs is 1. The first-order valence-corrected chi connectivity index (χ1v) is 8.60. The summed E-state index contributed by atoms with van der Waals surface area (Å²) in [6.45, 7) is 4.00. The van der Waals surface area contributed by atoms with Gasteiger partial charge in [0, 0.05) is 6.54 Å². The zero-order valence-electron chi connectivity index (χ0n) is 14.2. The van der Waals surface area contributed by atoms with Crippen LogP contribution in [0, 0.1) is 25.7 Å². The molecule has 1 aliphatic carbocycles. The summed E-state index contributed by atoms with van der Waals surface area (Å²) in [6, 6.07) is 5.60. The van der Waals surface area contributed by atoms with Crippen molar-refractivity contribution in [2.45, 2.75) is 46.0 Å². The third kappa shape index (κ3) is 3.35. The smallest absolute Gasteiger partial charge is 0.312 e. The molecule has 0 bridgehead atoms. The number of rotatable bonds is 4. The topological polar surface area (TPSA) is 63.7 Å². The van der Waals surface area contributed by atoms with Crippen LogP contribution in [0.15, 0.2) is 18.2 Å². The molecule has 5 nitrogen and oxygen atoms in total. The van der Waals surface area contributed by atoms with E-state index >= 15 is 0 Å². The van der Waals surface area contributed by atoms with E-state index in [1.165, 1.54) is 4.90 Å². The largest absolute Gasteiger partial charge is 0.426 e. The van der Waals surface area contributed by atoms with Crippen LogP contribution < -0.4 is 4.74 Å². The maximum absolute atomic E-state index is 12.4. The number of ether oxygens (including phenoxy) is 1. The van der Waals surface area contributed by atoms with E-state index in [-0.39, 0.29) is 36.6 Å². The van der Waals surface area contributed by atoms with Crippen LogP contribution in [-0.2, 0) is 14.4 Å². The fraction of sp³-hybridized carbons (Fsp3) is 0.526. The Bertz CT molecular complexity index is 638. The van der Waals surface area contributed by atoms with Gasteiger partial charge in [0.1, 0.15) is 5.75 Å². The molecule has 1 aromatic rings. The Hall–Kier alpha value is -2.17. The molecule has 1 aliphatic heterocycles. The molecule has 2 aliphatic rings. The summed E-state index contributed by atoms with van der Waals surface area (Å²) in [7, 11) is 0. The molecule has 5 heteroatoms. The van der Waals surface area contributed by atoms with E-state index in [4.69, 9.17) is 4.74 Å². The summed E-state index contributed by atoms with van der Waals surface area (Å²) in [5, 5.41) is 0. The van der Waals surface area contributed by atoms with Crippen molar-refractivity contribution in [3.63, 3.8) is 0 Å². The first-order chi connectivity index (χ1) is 11.5. The molecule has 1 saturated heterocycles. The van der Waals surface area contributed by atoms with Gasteiger partial charge in [-0.15, -0.1) is 0 Å². The monoisotopic (exact) mass is 329 g/mol. The summed E-state index contributed by atoms with van der Waals surface area (Å²) < 4.78 is 5.34. The molecular weight excluding hydrogens is 306 g/mol. The van der Waals surface area contributed by atoms with Crippen LogP contribution in [0.25, 0.3) is 0 Å². The SMILES string of the molecule is Cc1cc(C)cc(OC(=O)CCN2C(=O)[C@H]3CCCC[C@@H]3C2=O)c1. The molecule has 2 amide bonds. The predicted molar refractivity (Wildman–Crippen MR) is 88.3 cm³/mol. The van der Waals surface area contributed by atoms with E-state index in [9.17, 15) is 14.4 Å². The molecule has 0 aromatic heterocycles. The van der Waals surface area contributed by atoms with Crippen molar-refractivity contribution >= 4 is 17.8 Å². The molecule has 0 N–H and O–H groups in total. The molecule has 0 unspecified atom stereocenters. The first-order valence-electron chi connectivity index (χ1n) is 8.60. The Kier molecular flexibility index (Phi) is 4.69. The van der Waals surface area contributed by atoms with Crippen LogP contribution in [0.3, 0.4) is 0 Å². The number of hydrogen-bond acceptors (Lipinski definition) is 4. The number of carbonyl (C=O) groups is 3. The molecule has 3 rings (SSSR count). The zero-order valence-corrected chi connectivity index (χ0v) is 14.2. The van der Waals surface area contributed by atoms with Crippen LogP contribution in [0.4, 0.5) is 0 Å². The lowest BCUT2D eigenvalue weighted by Crippen LogP contribution is -2.33. The molecule has 1 aromatic carbocycles. The fourth-order valence-corrected chi connectivity index (χ4v) is 3.83. The third-order valence-electron chi connectivity index (χ3n) is 4.90. The number of likely N-dealkylation sites (tertiary alicyclic amines) is 1. The molecule has 1 heterocycles. The van der Waals surface area contributed by atoms with Crippen molar-refractivity contribution in [2.75, 3.05) is 6.54 Å². The van der Waals surface area contributed by atoms with Crippen LogP contribution >= 0.6 is 0 Å². The quantitative estimate of drug-likeness (QED) is 0.484. The number of benzene rings is 1. The van der Waals surface area contributed by atoms with Gasteiger partial charge < -0.3 is 4.74 Å². The van der Waals surface area contributed by atoms with E-state index in [0.717, 1.165) is 36.8 Å². The third-order valence-corrected chi connectivity index (χ3v) is 4.90. The van der Waals surface area contributed by atoms with Gasteiger partial charge in [-0.05, 0) is 49.9 Å². The molecule has 24 heavy (non-hydrogen) atoms. The van der Waals surface area contributed by atoms with Crippen molar-refractivity contribution in [1.29, 1.82) is 0 Å². The Balaban J connectivity index is 1.58. The van der Waals surface area contributed by atoms with Crippen LogP contribution in [0.1, 0.15) is 43.2 Å². The van der Waals surface area contributed by atoms with Gasteiger partial charge in [0.25, 0.3) is 0 Å². The van der Waals surface area contributed by atoms with E-state index < -0.39 is 5.97 Å². The second kappa shape index (κ2) is 6.75. The number of imide groups is 1. The number of esters is 1. The van der Waals surface area contributed by atoms with Crippen molar-refractivity contribution in [2.24, 2.45) is 11.8 Å². The molecule has 0 spiro atoms. The molecule has 2 fully saturated rings. The van der Waals surface area contributed by atoms with E-state index in [1.807, 2.05) is 19.9 Å². The van der Waals surface area contributed by atoms with Gasteiger partial charge in [-0.25, -0.2) is 0 Å². The molecule has 1 saturated carbocycles. The van der Waals surface area contributed by atoms with Crippen molar-refractivity contribution < 1.29 is 19.1 Å². The number of carbonyl (C=O) groups excluding carboxylic acids is 3. The highest BCUT2D eigenvalue weighted by Crippen LogP contribution is 2.37. The minimum absolute atomic E-state index is 0.0317. The summed E-state index contributed by atoms with van der Waals surface area (Å²) in [5.41, 5.74) is 2.04. The fourth-order valence-electron chi connectivity index (χ4n) is 3.83. The van der Waals surface area contributed by atoms with E-state index in [2.05, 4.69) is 0 Å². The minimum atomic E-state index is -0.421. The molecular formula is C19H23NO4. The highest BCUT2D eigenvalue weighted by Gasteiger charge is 2.47. The van der Waals surface area contributed by atoms with Gasteiger partial charge >= 0.3 is 5.97 Å². The van der Waals surface area contributed by atoms with Crippen molar-refractivity contribution in [3.05, 3.63) is 29.3 Å². The zero-order chi connectivity index (χ0) is 17.3. The number of amides is 2. The highest BCUT2D eigenvalue weighted by molar-refractivity contribution is 6.05. The summed E-state index contributed by atoms with van der Waals surface area (Å²) in [4.78, 5) is 38.0. The van der Waals surface area contributed by atoms with Crippen LogP contribution in [-0.4, -0.2) is 29.2 Å². The minimum Gasteiger partial charge on any atom is -0.426 e. The lowest BCUT2D eigenvalue weighted by atomic mass is 9.81. The summed E-state index contributed by atoms with van der Waals surface area (Å²) >= 11 is 0. The number of aryl methyl sites for hydroxylation is 2. The van der Waals surface area contributed by atoms with Crippen LogP contribution in [0.2, 0.25) is 0 Å². The summed E-state index contributed by atoms with van der Waals surface area (Å²) in [5.74, 6) is -0.461. The van der Waals surface area contributed by atoms with E-state index in [0.29, 0.717) is 5.75 Å². The number of hydrogen-bond donors (Lipinski definition) is 0. The highest BCUT2D eigenvalue weighted by atomic mass is 16.5. The standard InChI is InChI=1S/C19H23NO4/c1-12-9-13(2)11-14(10-12)24-17(21)7-8-20-18(22)15-5-3-4-6-16(15)19(20)23/h9-11,15-16H,3-8H2,1-2H3/t15-,16-/m0/s1. The van der Waals surface area contributed by atoms with Crippen LogP contribution in [0.5, 0.6) is 5.75 Å². The first kappa shape index (κ1) is 16.7. The Labute approximate surface area is 142 Å². The van der Waals surface area contributed by atoms with E-state index in [1.54, 1.807) is 12.1 Å². The summed E-state index contributed by atoms with van der Waals surface area (Å²) in [6.07, 6.45) is 3.62. The Morgan fingerprint density at radius 2 is 1.58 bits per heavy atom.